The molecule has 1 heterocycles. The van der Waals surface area contributed by atoms with Gasteiger partial charge in [0.1, 0.15) is 0 Å². The van der Waals surface area contributed by atoms with Crippen LogP contribution in [-0.2, 0) is 6.42 Å². The van der Waals surface area contributed by atoms with E-state index in [0.29, 0.717) is 0 Å². The lowest BCUT2D eigenvalue weighted by Crippen LogP contribution is -2.15. The fourth-order valence-corrected chi connectivity index (χ4v) is 2.80. The third kappa shape index (κ3) is 2.78. The van der Waals surface area contributed by atoms with Gasteiger partial charge in [0.15, 0.2) is 0 Å². The molecule has 0 radical (unpaired) electrons. The molecule has 1 aliphatic carbocycles. The second kappa shape index (κ2) is 5.26. The zero-order chi connectivity index (χ0) is 10.5. The maximum Gasteiger partial charge on any atom is 0.0270 e. The van der Waals surface area contributed by atoms with Crippen LogP contribution in [0, 0.1) is 11.8 Å². The zero-order valence-electron chi connectivity index (χ0n) is 9.23. The van der Waals surface area contributed by atoms with E-state index >= 15 is 0 Å². The molecular formula is C13H20N2. The van der Waals surface area contributed by atoms with Gasteiger partial charge in [0.2, 0.25) is 0 Å². The largest absolute Gasteiger partial charge is 0.330 e. The Bertz CT molecular complexity index is 284. The highest BCUT2D eigenvalue weighted by atomic mass is 14.6. The van der Waals surface area contributed by atoms with Crippen LogP contribution in [0.15, 0.2) is 24.5 Å². The normalized spacial score (nSPS) is 25.7. The number of rotatable bonds is 4. The van der Waals surface area contributed by atoms with Crippen LogP contribution >= 0.6 is 0 Å². The molecule has 2 heteroatoms. The number of hydrogen-bond donors (Lipinski definition) is 1. The molecule has 2 rings (SSSR count). The minimum atomic E-state index is 0.845. The summed E-state index contributed by atoms with van der Waals surface area (Å²) in [6.45, 7) is 0.845. The highest BCUT2D eigenvalue weighted by Gasteiger charge is 2.26. The van der Waals surface area contributed by atoms with E-state index < -0.39 is 0 Å². The van der Waals surface area contributed by atoms with Gasteiger partial charge >= 0.3 is 0 Å². The molecule has 82 valence electrons. The van der Waals surface area contributed by atoms with E-state index in [0.717, 1.165) is 18.4 Å². The van der Waals surface area contributed by atoms with Gasteiger partial charge in [0.25, 0.3) is 0 Å². The lowest BCUT2D eigenvalue weighted by molar-refractivity contribution is 0.367. The SMILES string of the molecule is NCCC1CCCC1Cc1ccncc1. The van der Waals surface area contributed by atoms with Crippen LogP contribution in [-0.4, -0.2) is 11.5 Å². The van der Waals surface area contributed by atoms with Gasteiger partial charge in [-0.3, -0.25) is 4.98 Å². The summed E-state index contributed by atoms with van der Waals surface area (Å²) in [5, 5.41) is 0. The van der Waals surface area contributed by atoms with Gasteiger partial charge in [-0.15, -0.1) is 0 Å². The summed E-state index contributed by atoms with van der Waals surface area (Å²) in [5.74, 6) is 1.72. The minimum Gasteiger partial charge on any atom is -0.330 e. The molecule has 2 atom stereocenters. The summed E-state index contributed by atoms with van der Waals surface area (Å²) < 4.78 is 0. The van der Waals surface area contributed by atoms with Crippen molar-refractivity contribution in [3.63, 3.8) is 0 Å². The van der Waals surface area contributed by atoms with Gasteiger partial charge in [0, 0.05) is 12.4 Å². The highest BCUT2D eigenvalue weighted by molar-refractivity contribution is 5.11. The Labute approximate surface area is 91.9 Å². The van der Waals surface area contributed by atoms with Crippen molar-refractivity contribution in [3.8, 4) is 0 Å². The van der Waals surface area contributed by atoms with Gasteiger partial charge in [-0.05, 0) is 55.3 Å². The van der Waals surface area contributed by atoms with Crippen LogP contribution in [0.4, 0.5) is 0 Å². The summed E-state index contributed by atoms with van der Waals surface area (Å²) in [6, 6.07) is 4.27. The molecule has 1 saturated carbocycles. The Morgan fingerprint density at radius 1 is 1.20 bits per heavy atom. The third-order valence-electron chi connectivity index (χ3n) is 3.60. The second-order valence-electron chi connectivity index (χ2n) is 4.59. The molecular weight excluding hydrogens is 184 g/mol. The summed E-state index contributed by atoms with van der Waals surface area (Å²) in [6.07, 6.45) is 10.4. The van der Waals surface area contributed by atoms with Crippen molar-refractivity contribution in [3.05, 3.63) is 30.1 Å². The monoisotopic (exact) mass is 204 g/mol. The summed E-state index contributed by atoms with van der Waals surface area (Å²) in [7, 11) is 0. The first-order valence-corrected chi connectivity index (χ1v) is 5.99. The van der Waals surface area contributed by atoms with E-state index in [2.05, 4.69) is 17.1 Å². The first kappa shape index (κ1) is 10.6. The van der Waals surface area contributed by atoms with Gasteiger partial charge in [0.05, 0.1) is 0 Å². The average molecular weight is 204 g/mol. The molecule has 0 amide bonds. The van der Waals surface area contributed by atoms with E-state index in [9.17, 15) is 0 Å². The van der Waals surface area contributed by atoms with Gasteiger partial charge in [-0.1, -0.05) is 12.8 Å². The van der Waals surface area contributed by atoms with Crippen LogP contribution in [0.25, 0.3) is 0 Å². The minimum absolute atomic E-state index is 0.845. The maximum atomic E-state index is 5.65. The fourth-order valence-electron chi connectivity index (χ4n) is 2.80. The third-order valence-corrected chi connectivity index (χ3v) is 3.60. The number of pyridine rings is 1. The van der Waals surface area contributed by atoms with Gasteiger partial charge in [-0.2, -0.15) is 0 Å². The molecule has 15 heavy (non-hydrogen) atoms. The van der Waals surface area contributed by atoms with E-state index in [1.54, 1.807) is 0 Å². The summed E-state index contributed by atoms with van der Waals surface area (Å²) in [4.78, 5) is 4.06. The van der Waals surface area contributed by atoms with Crippen molar-refractivity contribution in [2.24, 2.45) is 17.6 Å². The van der Waals surface area contributed by atoms with Crippen LogP contribution in [0.5, 0.6) is 0 Å². The zero-order valence-corrected chi connectivity index (χ0v) is 9.23. The number of hydrogen-bond acceptors (Lipinski definition) is 2. The lowest BCUT2D eigenvalue weighted by Gasteiger charge is -2.18. The highest BCUT2D eigenvalue weighted by Crippen LogP contribution is 2.35. The molecule has 0 aliphatic heterocycles. The first-order valence-electron chi connectivity index (χ1n) is 5.99. The summed E-state index contributed by atoms with van der Waals surface area (Å²) in [5.41, 5.74) is 7.08. The molecule has 1 aromatic heterocycles. The standard InChI is InChI=1S/C13H20N2/c14-7-4-12-2-1-3-13(12)10-11-5-8-15-9-6-11/h5-6,8-9,12-13H,1-4,7,10,14H2. The summed E-state index contributed by atoms with van der Waals surface area (Å²) >= 11 is 0. The Morgan fingerprint density at radius 2 is 1.93 bits per heavy atom. The molecule has 0 aromatic carbocycles. The van der Waals surface area contributed by atoms with Crippen molar-refractivity contribution < 1.29 is 0 Å². The van der Waals surface area contributed by atoms with E-state index in [1.165, 1.54) is 37.7 Å². The molecule has 2 nitrogen and oxygen atoms in total. The molecule has 1 fully saturated rings. The van der Waals surface area contributed by atoms with E-state index in [4.69, 9.17) is 5.73 Å². The Morgan fingerprint density at radius 3 is 2.67 bits per heavy atom. The average Bonchev–Trinajstić information content (AvgIpc) is 2.68. The first-order chi connectivity index (χ1) is 7.40. The molecule has 1 aromatic rings. The van der Waals surface area contributed by atoms with Crippen molar-refractivity contribution in [1.29, 1.82) is 0 Å². The molecule has 1 aliphatic rings. The predicted molar refractivity (Wildman–Crippen MR) is 62.4 cm³/mol. The Kier molecular flexibility index (Phi) is 3.73. The predicted octanol–water partition coefficient (Wildman–Crippen LogP) is 2.39. The van der Waals surface area contributed by atoms with Gasteiger partial charge < -0.3 is 5.73 Å². The van der Waals surface area contributed by atoms with Crippen molar-refractivity contribution in [1.82, 2.24) is 4.98 Å². The quantitative estimate of drug-likeness (QED) is 0.818. The molecule has 0 spiro atoms. The lowest BCUT2D eigenvalue weighted by atomic mass is 9.88. The number of nitrogens with zero attached hydrogens (tertiary/aromatic N) is 1. The van der Waals surface area contributed by atoms with E-state index in [-0.39, 0.29) is 0 Å². The molecule has 2 N–H and O–H groups in total. The smallest absolute Gasteiger partial charge is 0.0270 e. The number of nitrogens with two attached hydrogens (primary N) is 1. The van der Waals surface area contributed by atoms with Gasteiger partial charge in [-0.25, -0.2) is 0 Å². The molecule has 0 saturated heterocycles. The Hall–Kier alpha value is -0.890. The van der Waals surface area contributed by atoms with Crippen molar-refractivity contribution in [2.75, 3.05) is 6.54 Å². The van der Waals surface area contributed by atoms with Crippen molar-refractivity contribution >= 4 is 0 Å². The second-order valence-corrected chi connectivity index (χ2v) is 4.59. The van der Waals surface area contributed by atoms with Crippen LogP contribution in [0.1, 0.15) is 31.2 Å². The maximum absolute atomic E-state index is 5.65. The molecule has 0 bridgehead atoms. The van der Waals surface area contributed by atoms with Crippen LogP contribution in [0.2, 0.25) is 0 Å². The van der Waals surface area contributed by atoms with Crippen molar-refractivity contribution in [2.45, 2.75) is 32.1 Å². The Balaban J connectivity index is 1.93. The van der Waals surface area contributed by atoms with Crippen LogP contribution in [0.3, 0.4) is 0 Å². The van der Waals surface area contributed by atoms with Crippen LogP contribution < -0.4 is 5.73 Å². The topological polar surface area (TPSA) is 38.9 Å². The van der Waals surface area contributed by atoms with E-state index in [1.807, 2.05) is 12.4 Å². The molecule has 2 unspecified atom stereocenters. The number of aromatic nitrogens is 1. The fraction of sp³-hybridized carbons (Fsp3) is 0.615.